The van der Waals surface area contributed by atoms with Gasteiger partial charge in [-0.1, -0.05) is 97.5 Å². The van der Waals surface area contributed by atoms with Crippen LogP contribution >= 0.6 is 11.8 Å². The fourth-order valence-electron chi connectivity index (χ4n) is 4.12. The molecule has 0 radical (unpaired) electrons. The normalized spacial score (nSPS) is 12.0. The molecule has 0 fully saturated rings. The van der Waals surface area contributed by atoms with E-state index in [1.54, 1.807) is 0 Å². The van der Waals surface area contributed by atoms with Gasteiger partial charge in [-0.2, -0.15) is 0 Å². The number of amides is 1. The van der Waals surface area contributed by atoms with Crippen LogP contribution in [0.3, 0.4) is 0 Å². The van der Waals surface area contributed by atoms with Crippen LogP contribution in [0.25, 0.3) is 11.1 Å². The molecule has 0 bridgehead atoms. The maximum absolute atomic E-state index is 12.9. The van der Waals surface area contributed by atoms with Crippen LogP contribution in [-0.4, -0.2) is 45.4 Å². The Kier molecular flexibility index (Phi) is 8.34. The summed E-state index contributed by atoms with van der Waals surface area (Å²) in [6.07, 6.45) is 0.918. The number of nitrogens with zero attached hydrogens (tertiary/aromatic N) is 4. The van der Waals surface area contributed by atoms with E-state index in [2.05, 4.69) is 58.1 Å². The molecule has 0 aliphatic carbocycles. The van der Waals surface area contributed by atoms with Crippen molar-refractivity contribution in [3.05, 3.63) is 96.3 Å². The Morgan fingerprint density at radius 3 is 2.29 bits per heavy atom. The lowest BCUT2D eigenvalue weighted by Crippen LogP contribution is -2.23. The van der Waals surface area contributed by atoms with Crippen molar-refractivity contribution in [2.45, 2.75) is 31.1 Å². The average molecular weight is 486 g/mol. The number of hydrogen-bond acceptors (Lipinski definition) is 5. The van der Waals surface area contributed by atoms with Crippen molar-refractivity contribution in [1.29, 1.82) is 0 Å². The topological polar surface area (TPSA) is 63.1 Å². The predicted octanol–water partition coefficient (Wildman–Crippen LogP) is 5.74. The summed E-state index contributed by atoms with van der Waals surface area (Å²) in [6, 6.07) is 28.4. The van der Waals surface area contributed by atoms with Crippen LogP contribution in [0.1, 0.15) is 30.8 Å². The van der Waals surface area contributed by atoms with E-state index in [-0.39, 0.29) is 17.7 Å². The Morgan fingerprint density at radius 2 is 1.60 bits per heavy atom. The first-order valence-electron chi connectivity index (χ1n) is 11.8. The van der Waals surface area contributed by atoms with Gasteiger partial charge in [0.15, 0.2) is 11.0 Å². The molecule has 180 valence electrons. The molecule has 1 aromatic heterocycles. The fraction of sp³-hybridized carbons (Fsp3) is 0.250. The summed E-state index contributed by atoms with van der Waals surface area (Å²) < 4.78 is 2.14. The molecule has 35 heavy (non-hydrogen) atoms. The van der Waals surface area contributed by atoms with Gasteiger partial charge in [0, 0.05) is 11.3 Å². The van der Waals surface area contributed by atoms with Crippen LogP contribution in [-0.2, 0) is 11.3 Å². The smallest absolute Gasteiger partial charge is 0.234 e. The van der Waals surface area contributed by atoms with Gasteiger partial charge in [-0.05, 0) is 37.7 Å². The van der Waals surface area contributed by atoms with Crippen molar-refractivity contribution in [3.63, 3.8) is 0 Å². The standard InChI is InChI=1S/C28H31N5OS/c1-4-25(32(2)3)27-30-31-28(33(27)19-21-13-7-5-8-14-21)35-20-26(34)29-24-18-12-11-17-23(24)22-15-9-6-10-16-22/h5-18,25H,4,19-20H2,1-3H3,(H,29,34). The lowest BCUT2D eigenvalue weighted by Gasteiger charge is -2.23. The summed E-state index contributed by atoms with van der Waals surface area (Å²) in [7, 11) is 4.11. The second kappa shape index (κ2) is 11.8. The molecule has 1 atom stereocenters. The molecule has 7 heteroatoms. The van der Waals surface area contributed by atoms with Gasteiger partial charge in [0.2, 0.25) is 5.91 Å². The summed E-state index contributed by atoms with van der Waals surface area (Å²) in [5.74, 6) is 1.09. The summed E-state index contributed by atoms with van der Waals surface area (Å²) in [4.78, 5) is 15.1. The zero-order valence-electron chi connectivity index (χ0n) is 20.4. The maximum atomic E-state index is 12.9. The second-order valence-corrected chi connectivity index (χ2v) is 9.49. The maximum Gasteiger partial charge on any atom is 0.234 e. The summed E-state index contributed by atoms with van der Waals surface area (Å²) in [5.41, 5.74) is 4.04. The van der Waals surface area contributed by atoms with E-state index in [1.807, 2.05) is 72.8 Å². The van der Waals surface area contributed by atoms with Crippen molar-refractivity contribution in [2.24, 2.45) is 0 Å². The summed E-state index contributed by atoms with van der Waals surface area (Å²) in [6.45, 7) is 2.81. The Labute approximate surface area is 211 Å². The van der Waals surface area contributed by atoms with Crippen molar-refractivity contribution in [1.82, 2.24) is 19.7 Å². The average Bonchev–Trinajstić information content (AvgIpc) is 3.26. The highest BCUT2D eigenvalue weighted by atomic mass is 32.2. The van der Waals surface area contributed by atoms with Crippen LogP contribution in [0.2, 0.25) is 0 Å². The predicted molar refractivity (Wildman–Crippen MR) is 144 cm³/mol. The summed E-state index contributed by atoms with van der Waals surface area (Å²) >= 11 is 1.41. The third-order valence-electron chi connectivity index (χ3n) is 5.86. The monoisotopic (exact) mass is 485 g/mol. The molecule has 1 unspecified atom stereocenters. The Balaban J connectivity index is 1.52. The molecule has 0 saturated heterocycles. The Hall–Kier alpha value is -3.42. The number of carbonyl (C=O) groups is 1. The quantitative estimate of drug-likeness (QED) is 0.290. The number of thioether (sulfide) groups is 1. The number of carbonyl (C=O) groups excluding carboxylic acids is 1. The molecular formula is C28H31N5OS. The van der Waals surface area contributed by atoms with Crippen molar-refractivity contribution >= 4 is 23.4 Å². The van der Waals surface area contributed by atoms with Gasteiger partial charge in [0.05, 0.1) is 18.3 Å². The molecule has 6 nitrogen and oxygen atoms in total. The minimum Gasteiger partial charge on any atom is -0.325 e. The molecule has 0 saturated carbocycles. The van der Waals surface area contributed by atoms with Crippen LogP contribution in [0, 0.1) is 0 Å². The van der Waals surface area contributed by atoms with Gasteiger partial charge >= 0.3 is 0 Å². The van der Waals surface area contributed by atoms with Gasteiger partial charge in [-0.25, -0.2) is 0 Å². The van der Waals surface area contributed by atoms with E-state index in [9.17, 15) is 4.79 Å². The van der Waals surface area contributed by atoms with Crippen LogP contribution in [0.15, 0.2) is 90.1 Å². The van der Waals surface area contributed by atoms with E-state index in [0.717, 1.165) is 34.2 Å². The molecule has 1 amide bonds. The zero-order valence-corrected chi connectivity index (χ0v) is 21.2. The van der Waals surface area contributed by atoms with Gasteiger partial charge < -0.3 is 9.88 Å². The molecular weight excluding hydrogens is 454 g/mol. The minimum absolute atomic E-state index is 0.0751. The molecule has 0 spiro atoms. The number of anilines is 1. The van der Waals surface area contributed by atoms with Crippen LogP contribution < -0.4 is 5.32 Å². The van der Waals surface area contributed by atoms with Crippen LogP contribution in [0.5, 0.6) is 0 Å². The highest BCUT2D eigenvalue weighted by Crippen LogP contribution is 2.29. The number of rotatable bonds is 10. The SMILES string of the molecule is CCC(c1nnc(SCC(=O)Nc2ccccc2-c2ccccc2)n1Cc1ccccc1)N(C)C. The van der Waals surface area contributed by atoms with Gasteiger partial charge in [0.25, 0.3) is 0 Å². The largest absolute Gasteiger partial charge is 0.325 e. The van der Waals surface area contributed by atoms with Crippen molar-refractivity contribution in [3.8, 4) is 11.1 Å². The molecule has 1 N–H and O–H groups in total. The number of hydrogen-bond donors (Lipinski definition) is 1. The number of benzene rings is 3. The first-order valence-corrected chi connectivity index (χ1v) is 12.8. The third-order valence-corrected chi connectivity index (χ3v) is 6.82. The molecule has 4 rings (SSSR count). The van der Waals surface area contributed by atoms with E-state index in [0.29, 0.717) is 6.54 Å². The first kappa shape index (κ1) is 24.7. The number of aromatic nitrogens is 3. The summed E-state index contributed by atoms with van der Waals surface area (Å²) in [5, 5.41) is 12.8. The number of nitrogens with one attached hydrogen (secondary N) is 1. The van der Waals surface area contributed by atoms with E-state index >= 15 is 0 Å². The highest BCUT2D eigenvalue weighted by Gasteiger charge is 2.22. The van der Waals surface area contributed by atoms with Crippen LogP contribution in [0.4, 0.5) is 5.69 Å². The van der Waals surface area contributed by atoms with Crippen molar-refractivity contribution < 1.29 is 4.79 Å². The Bertz CT molecular complexity index is 1240. The van der Waals surface area contributed by atoms with Gasteiger partial charge in [0.1, 0.15) is 0 Å². The molecule has 3 aromatic carbocycles. The van der Waals surface area contributed by atoms with Gasteiger partial charge in [-0.3, -0.25) is 9.69 Å². The fourth-order valence-corrected chi connectivity index (χ4v) is 4.87. The zero-order chi connectivity index (χ0) is 24.6. The number of para-hydroxylation sites is 1. The van der Waals surface area contributed by atoms with E-state index < -0.39 is 0 Å². The molecule has 4 aromatic rings. The Morgan fingerprint density at radius 1 is 0.943 bits per heavy atom. The van der Waals surface area contributed by atoms with Crippen molar-refractivity contribution in [2.75, 3.05) is 25.2 Å². The highest BCUT2D eigenvalue weighted by molar-refractivity contribution is 7.99. The first-order chi connectivity index (χ1) is 17.1. The van der Waals surface area contributed by atoms with Gasteiger partial charge in [-0.15, -0.1) is 10.2 Å². The minimum atomic E-state index is -0.0751. The molecule has 0 aliphatic heterocycles. The van der Waals surface area contributed by atoms with E-state index in [1.165, 1.54) is 17.3 Å². The second-order valence-electron chi connectivity index (χ2n) is 8.55. The molecule has 1 heterocycles. The molecule has 0 aliphatic rings. The third kappa shape index (κ3) is 6.18. The van der Waals surface area contributed by atoms with E-state index in [4.69, 9.17) is 0 Å². The lowest BCUT2D eigenvalue weighted by atomic mass is 10.0. The lowest BCUT2D eigenvalue weighted by molar-refractivity contribution is -0.113.